The Labute approximate surface area is 124 Å². The predicted molar refractivity (Wildman–Crippen MR) is 76.3 cm³/mol. The van der Waals surface area contributed by atoms with Crippen LogP contribution in [0.15, 0.2) is 0 Å². The summed E-state index contributed by atoms with van der Waals surface area (Å²) in [4.78, 5) is 25.1. The predicted octanol–water partition coefficient (Wildman–Crippen LogP) is -0.502. The van der Waals surface area contributed by atoms with Crippen molar-refractivity contribution in [2.75, 3.05) is 53.6 Å². The summed E-state index contributed by atoms with van der Waals surface area (Å²) in [6, 6.07) is -0.490. The number of nitrogens with zero attached hydrogens (tertiary/aromatic N) is 1. The first-order valence-corrected chi connectivity index (χ1v) is 7.06. The molecule has 0 aromatic rings. The minimum Gasteiger partial charge on any atom is -0.480 e. The summed E-state index contributed by atoms with van der Waals surface area (Å²) in [5.74, 6) is -1.02. The summed E-state index contributed by atoms with van der Waals surface area (Å²) in [6.07, 6.45) is 0.546. The van der Waals surface area contributed by atoms with E-state index in [4.69, 9.17) is 9.47 Å². The molecule has 21 heavy (non-hydrogen) atoms. The Morgan fingerprint density at radius 2 is 1.95 bits per heavy atom. The van der Waals surface area contributed by atoms with Gasteiger partial charge in [0.05, 0.1) is 13.2 Å². The van der Waals surface area contributed by atoms with Gasteiger partial charge < -0.3 is 30.1 Å². The molecule has 0 bridgehead atoms. The number of carbonyl (C=O) groups is 2. The quantitative estimate of drug-likeness (QED) is 0.523. The summed E-state index contributed by atoms with van der Waals surface area (Å²) >= 11 is 0. The Morgan fingerprint density at radius 1 is 1.29 bits per heavy atom. The Balaban J connectivity index is 2.24. The third kappa shape index (κ3) is 6.28. The van der Waals surface area contributed by atoms with E-state index >= 15 is 0 Å². The molecule has 1 aliphatic heterocycles. The highest BCUT2D eigenvalue weighted by molar-refractivity contribution is 5.86. The maximum atomic E-state index is 11.8. The van der Waals surface area contributed by atoms with Gasteiger partial charge in [-0.3, -0.25) is 0 Å². The molecule has 1 saturated heterocycles. The summed E-state index contributed by atoms with van der Waals surface area (Å²) in [5.41, 5.74) is -1.23. The molecule has 1 rings (SSSR count). The van der Waals surface area contributed by atoms with Crippen molar-refractivity contribution in [2.45, 2.75) is 18.4 Å². The molecule has 0 unspecified atom stereocenters. The fourth-order valence-electron chi connectivity index (χ4n) is 1.96. The first kappa shape index (κ1) is 17.7. The van der Waals surface area contributed by atoms with E-state index in [1.807, 2.05) is 19.0 Å². The molecule has 0 saturated carbocycles. The van der Waals surface area contributed by atoms with Crippen LogP contribution in [0.1, 0.15) is 12.8 Å². The Bertz CT molecular complexity index is 343. The van der Waals surface area contributed by atoms with Crippen molar-refractivity contribution in [3.8, 4) is 0 Å². The number of amides is 2. The second kappa shape index (κ2) is 8.81. The molecule has 8 heteroatoms. The van der Waals surface area contributed by atoms with Gasteiger partial charge in [0.15, 0.2) is 0 Å². The standard InChI is InChI=1S/C13H25N3O5/c1-16(2)6-10-21-9-5-14-12(19)15-13(11(17)18)3-7-20-8-4-13/h3-10H2,1-2H3,(H,17,18)(H2,14,15,19). The van der Waals surface area contributed by atoms with Crippen LogP contribution in [0.25, 0.3) is 0 Å². The zero-order chi connectivity index (χ0) is 15.7. The lowest BCUT2D eigenvalue weighted by Gasteiger charge is -2.33. The first-order valence-electron chi connectivity index (χ1n) is 7.06. The van der Waals surface area contributed by atoms with Gasteiger partial charge in [0.1, 0.15) is 5.54 Å². The van der Waals surface area contributed by atoms with Crippen LogP contribution in [0.3, 0.4) is 0 Å². The van der Waals surface area contributed by atoms with Crippen LogP contribution >= 0.6 is 0 Å². The van der Waals surface area contributed by atoms with Crippen LogP contribution in [0.2, 0.25) is 0 Å². The van der Waals surface area contributed by atoms with E-state index in [1.54, 1.807) is 0 Å². The van der Waals surface area contributed by atoms with Crippen molar-refractivity contribution < 1.29 is 24.2 Å². The molecule has 1 aliphatic rings. The van der Waals surface area contributed by atoms with Crippen molar-refractivity contribution in [3.05, 3.63) is 0 Å². The normalized spacial score (nSPS) is 17.5. The fraction of sp³-hybridized carbons (Fsp3) is 0.846. The van der Waals surface area contributed by atoms with Crippen LogP contribution < -0.4 is 10.6 Å². The van der Waals surface area contributed by atoms with Gasteiger partial charge in [-0.2, -0.15) is 0 Å². The Morgan fingerprint density at radius 3 is 2.52 bits per heavy atom. The smallest absolute Gasteiger partial charge is 0.329 e. The SMILES string of the molecule is CN(C)CCOCCNC(=O)NC1(C(=O)O)CCOCC1. The van der Waals surface area contributed by atoms with Crippen LogP contribution in [0.5, 0.6) is 0 Å². The van der Waals surface area contributed by atoms with Crippen molar-refractivity contribution in [1.29, 1.82) is 0 Å². The third-order valence-electron chi connectivity index (χ3n) is 3.32. The minimum atomic E-state index is -1.23. The zero-order valence-corrected chi connectivity index (χ0v) is 12.7. The second-order valence-corrected chi connectivity index (χ2v) is 5.30. The highest BCUT2D eigenvalue weighted by atomic mass is 16.5. The molecule has 2 amide bonds. The molecule has 1 fully saturated rings. The molecule has 1 heterocycles. The molecule has 8 nitrogen and oxygen atoms in total. The van der Waals surface area contributed by atoms with Gasteiger partial charge in [0.2, 0.25) is 0 Å². The highest BCUT2D eigenvalue weighted by Gasteiger charge is 2.41. The first-order chi connectivity index (χ1) is 9.96. The average molecular weight is 303 g/mol. The van der Waals surface area contributed by atoms with Gasteiger partial charge in [0, 0.05) is 39.1 Å². The monoisotopic (exact) mass is 303 g/mol. The number of carboxylic acids is 1. The van der Waals surface area contributed by atoms with Crippen LogP contribution in [0, 0.1) is 0 Å². The molecule has 0 radical (unpaired) electrons. The summed E-state index contributed by atoms with van der Waals surface area (Å²) in [6.45, 7) is 2.80. The van der Waals surface area contributed by atoms with Crippen molar-refractivity contribution in [3.63, 3.8) is 0 Å². The maximum absolute atomic E-state index is 11.8. The molecule has 0 aromatic carbocycles. The summed E-state index contributed by atoms with van der Waals surface area (Å²) < 4.78 is 10.5. The summed E-state index contributed by atoms with van der Waals surface area (Å²) in [7, 11) is 3.91. The van der Waals surface area contributed by atoms with Gasteiger partial charge in [-0.25, -0.2) is 9.59 Å². The van der Waals surface area contributed by atoms with Crippen molar-refractivity contribution in [2.24, 2.45) is 0 Å². The molecule has 0 spiro atoms. The third-order valence-corrected chi connectivity index (χ3v) is 3.32. The number of likely N-dealkylation sites (N-methyl/N-ethyl adjacent to an activating group) is 1. The fourth-order valence-corrected chi connectivity index (χ4v) is 1.96. The lowest BCUT2D eigenvalue weighted by molar-refractivity contribution is -0.148. The van der Waals surface area contributed by atoms with E-state index in [9.17, 15) is 14.7 Å². The van der Waals surface area contributed by atoms with Crippen LogP contribution in [-0.4, -0.2) is 81.2 Å². The van der Waals surface area contributed by atoms with Gasteiger partial charge >= 0.3 is 12.0 Å². The number of hydrogen-bond donors (Lipinski definition) is 3. The van der Waals surface area contributed by atoms with Crippen LogP contribution in [-0.2, 0) is 14.3 Å². The molecule has 0 aliphatic carbocycles. The number of carbonyl (C=O) groups excluding carboxylic acids is 1. The Kier molecular flexibility index (Phi) is 7.41. The largest absolute Gasteiger partial charge is 0.480 e. The minimum absolute atomic E-state index is 0.273. The van der Waals surface area contributed by atoms with Gasteiger partial charge in [-0.1, -0.05) is 0 Å². The lowest BCUT2D eigenvalue weighted by atomic mass is 9.90. The number of rotatable bonds is 8. The molecule has 3 N–H and O–H groups in total. The zero-order valence-electron chi connectivity index (χ0n) is 12.7. The number of aliphatic carboxylic acids is 1. The Hall–Kier alpha value is -1.38. The molecule has 0 aromatic heterocycles. The van der Waals surface area contributed by atoms with Gasteiger partial charge in [0.25, 0.3) is 0 Å². The number of carboxylic acid groups (broad SMARTS) is 1. The number of ether oxygens (including phenoxy) is 2. The van der Waals surface area contributed by atoms with Crippen LogP contribution in [0.4, 0.5) is 4.79 Å². The van der Waals surface area contributed by atoms with Gasteiger partial charge in [-0.15, -0.1) is 0 Å². The van der Waals surface area contributed by atoms with Crippen molar-refractivity contribution in [1.82, 2.24) is 15.5 Å². The second-order valence-electron chi connectivity index (χ2n) is 5.30. The highest BCUT2D eigenvalue weighted by Crippen LogP contribution is 2.20. The van der Waals surface area contributed by atoms with E-state index < -0.39 is 17.5 Å². The molecular formula is C13H25N3O5. The number of nitrogens with one attached hydrogen (secondary N) is 2. The number of hydrogen-bond acceptors (Lipinski definition) is 5. The summed E-state index contributed by atoms with van der Waals surface area (Å²) in [5, 5.41) is 14.5. The topological polar surface area (TPSA) is 100 Å². The lowest BCUT2D eigenvalue weighted by Crippen LogP contribution is -2.59. The average Bonchev–Trinajstić information content (AvgIpc) is 2.43. The van der Waals surface area contributed by atoms with E-state index in [-0.39, 0.29) is 12.8 Å². The van der Waals surface area contributed by atoms with Crippen molar-refractivity contribution >= 4 is 12.0 Å². The van der Waals surface area contributed by atoms with E-state index in [0.29, 0.717) is 33.0 Å². The molecule has 122 valence electrons. The van der Waals surface area contributed by atoms with Gasteiger partial charge in [-0.05, 0) is 14.1 Å². The maximum Gasteiger partial charge on any atom is 0.329 e. The number of urea groups is 1. The van der Waals surface area contributed by atoms with E-state index in [0.717, 1.165) is 6.54 Å². The molecule has 0 atom stereocenters. The van der Waals surface area contributed by atoms with E-state index in [2.05, 4.69) is 10.6 Å². The van der Waals surface area contributed by atoms with E-state index in [1.165, 1.54) is 0 Å². The molecular weight excluding hydrogens is 278 g/mol.